The molecule has 0 amide bonds. The van der Waals surface area contributed by atoms with Gasteiger partial charge in [0, 0.05) is 24.9 Å². The number of hydrogen-bond donors (Lipinski definition) is 0. The number of carbonyl (C=O) groups is 1. The van der Waals surface area contributed by atoms with Gasteiger partial charge in [0.1, 0.15) is 0 Å². The van der Waals surface area contributed by atoms with Crippen molar-refractivity contribution in [2.24, 2.45) is 0 Å². The molecule has 6 heteroatoms. The lowest BCUT2D eigenvalue weighted by Crippen LogP contribution is -2.51. The van der Waals surface area contributed by atoms with Crippen LogP contribution in [0.2, 0.25) is 5.54 Å². The highest BCUT2D eigenvalue weighted by Gasteiger charge is 2.47. The van der Waals surface area contributed by atoms with E-state index in [-0.39, 0.29) is 5.12 Å². The van der Waals surface area contributed by atoms with Crippen LogP contribution in [0.15, 0.2) is 0 Å². The van der Waals surface area contributed by atoms with Crippen LogP contribution in [0, 0.1) is 0 Å². The Morgan fingerprint density at radius 1 is 1.13 bits per heavy atom. The van der Waals surface area contributed by atoms with Gasteiger partial charge in [0.2, 0.25) is 0 Å². The highest BCUT2D eigenvalue weighted by molar-refractivity contribution is 7.77. The molecular formula is C9H19O4SSi-. The summed E-state index contributed by atoms with van der Waals surface area (Å²) in [6, 6.07) is 0. The van der Waals surface area contributed by atoms with Crippen molar-refractivity contribution in [1.82, 2.24) is 0 Å². The summed E-state index contributed by atoms with van der Waals surface area (Å²) in [5, 5.41) is -0.364. The molecule has 0 bridgehead atoms. The van der Waals surface area contributed by atoms with Crippen molar-refractivity contribution in [2.45, 2.75) is 33.2 Å². The van der Waals surface area contributed by atoms with Crippen molar-refractivity contribution in [3.05, 3.63) is 0 Å². The van der Waals surface area contributed by atoms with E-state index in [2.05, 4.69) is 12.6 Å². The summed E-state index contributed by atoms with van der Waals surface area (Å²) in [6.07, 6.45) is 0. The molecule has 0 spiro atoms. The summed E-state index contributed by atoms with van der Waals surface area (Å²) >= 11 is 4.65. The second-order valence-electron chi connectivity index (χ2n) is 2.94. The van der Waals surface area contributed by atoms with E-state index in [1.807, 2.05) is 20.8 Å². The summed E-state index contributed by atoms with van der Waals surface area (Å²) in [4.78, 5) is 11.2. The van der Waals surface area contributed by atoms with E-state index in [0.717, 1.165) is 0 Å². The molecule has 0 saturated heterocycles. The first-order valence-corrected chi connectivity index (χ1v) is 7.37. The van der Waals surface area contributed by atoms with E-state index < -0.39 is 14.3 Å². The van der Waals surface area contributed by atoms with Crippen LogP contribution in [-0.2, 0) is 30.7 Å². The maximum atomic E-state index is 11.2. The Hall–Kier alpha value is -0.0131. The van der Waals surface area contributed by atoms with Gasteiger partial charge in [-0.15, -0.1) is 0 Å². The van der Waals surface area contributed by atoms with Gasteiger partial charge >= 0.3 is 8.80 Å². The largest absolute Gasteiger partial charge is 0.742 e. The molecule has 0 rings (SSSR count). The van der Waals surface area contributed by atoms with Gasteiger partial charge in [-0.25, -0.2) is 0 Å². The molecule has 15 heavy (non-hydrogen) atoms. The predicted octanol–water partition coefficient (Wildman–Crippen LogP) is 1.50. The smallest absolute Gasteiger partial charge is 0.509 e. The molecule has 0 N–H and O–H groups in total. The topological polar surface area (TPSA) is 44.8 Å². The fourth-order valence-electron chi connectivity index (χ4n) is 1.25. The maximum absolute atomic E-state index is 11.2. The van der Waals surface area contributed by atoms with Crippen LogP contribution in [0.1, 0.15) is 27.7 Å². The zero-order valence-electron chi connectivity index (χ0n) is 9.74. The Bertz CT molecular complexity index is 184. The summed E-state index contributed by atoms with van der Waals surface area (Å²) in [5.41, 5.74) is -0.479. The molecule has 0 fully saturated rings. The van der Waals surface area contributed by atoms with Crippen molar-refractivity contribution in [3.8, 4) is 0 Å². The molecule has 0 heterocycles. The molecule has 0 aromatic rings. The van der Waals surface area contributed by atoms with E-state index in [4.69, 9.17) is 13.3 Å². The molecule has 0 aliphatic carbocycles. The Labute approximate surface area is 98.1 Å². The van der Waals surface area contributed by atoms with Crippen LogP contribution >= 0.6 is 0 Å². The Balaban J connectivity index is 4.81. The average molecular weight is 251 g/mol. The normalized spacial score (nSPS) is 13.9. The molecule has 0 radical (unpaired) electrons. The fraction of sp³-hybridized carbons (Fsp3) is 0.889. The van der Waals surface area contributed by atoms with Crippen molar-refractivity contribution >= 4 is 26.5 Å². The predicted molar refractivity (Wildman–Crippen MR) is 62.4 cm³/mol. The first-order chi connectivity index (χ1) is 7.04. The zero-order chi connectivity index (χ0) is 11.9. The standard InChI is InChI=1S/C9H20O4SSi/c1-5-11-15(12-6-2,13-7-3)8(4)9(10)14/h8H,5-7H2,1-4H3,(H,10,14)/p-1. The molecule has 0 aromatic carbocycles. The fourth-order valence-corrected chi connectivity index (χ4v) is 4.18. The van der Waals surface area contributed by atoms with Gasteiger partial charge < -0.3 is 30.7 Å². The molecule has 0 aromatic heterocycles. The van der Waals surface area contributed by atoms with E-state index in [9.17, 15) is 4.79 Å². The molecule has 0 aliphatic heterocycles. The lowest BCUT2D eigenvalue weighted by molar-refractivity contribution is -0.112. The van der Waals surface area contributed by atoms with Crippen LogP contribution < -0.4 is 0 Å². The molecule has 90 valence electrons. The number of rotatable bonds is 8. The second kappa shape index (κ2) is 7.29. The molecule has 0 aliphatic rings. The zero-order valence-corrected chi connectivity index (χ0v) is 11.6. The molecule has 1 unspecified atom stereocenters. The third-order valence-corrected chi connectivity index (χ3v) is 5.88. The van der Waals surface area contributed by atoms with E-state index in [1.165, 1.54) is 0 Å². The van der Waals surface area contributed by atoms with Crippen LogP contribution in [0.25, 0.3) is 0 Å². The average Bonchev–Trinajstić information content (AvgIpc) is 2.17. The van der Waals surface area contributed by atoms with Crippen molar-refractivity contribution in [2.75, 3.05) is 19.8 Å². The monoisotopic (exact) mass is 251 g/mol. The Kier molecular flexibility index (Phi) is 7.29. The van der Waals surface area contributed by atoms with Gasteiger partial charge in [-0.3, -0.25) is 0 Å². The minimum Gasteiger partial charge on any atom is -0.742 e. The minimum absolute atomic E-state index is 0.364. The van der Waals surface area contributed by atoms with Crippen molar-refractivity contribution in [1.29, 1.82) is 0 Å². The number of carbonyl (C=O) groups excluding carboxylic acids is 1. The molecule has 4 nitrogen and oxygen atoms in total. The van der Waals surface area contributed by atoms with Gasteiger partial charge in [-0.1, -0.05) is 6.92 Å². The summed E-state index contributed by atoms with van der Waals surface area (Å²) in [6.45, 7) is 8.63. The first-order valence-electron chi connectivity index (χ1n) is 5.16. The maximum Gasteiger partial charge on any atom is 0.509 e. The second-order valence-corrected chi connectivity index (χ2v) is 6.28. The van der Waals surface area contributed by atoms with Gasteiger partial charge in [0.25, 0.3) is 0 Å². The lowest BCUT2D eigenvalue weighted by Gasteiger charge is -2.34. The van der Waals surface area contributed by atoms with E-state index >= 15 is 0 Å². The van der Waals surface area contributed by atoms with Gasteiger partial charge in [0.15, 0.2) is 0 Å². The van der Waals surface area contributed by atoms with Crippen molar-refractivity contribution < 1.29 is 18.1 Å². The SMILES string of the molecule is CCO[Si](OCC)(OCC)C(C)C(=O)[S-]. The van der Waals surface area contributed by atoms with Gasteiger partial charge in [0.05, 0.1) is 5.54 Å². The third kappa shape index (κ3) is 4.16. The van der Waals surface area contributed by atoms with E-state index in [1.54, 1.807) is 6.92 Å². The molecular weight excluding hydrogens is 232 g/mol. The summed E-state index contributed by atoms with van der Waals surface area (Å²) in [7, 11) is -2.92. The Morgan fingerprint density at radius 3 is 1.67 bits per heavy atom. The lowest BCUT2D eigenvalue weighted by atomic mass is 10.5. The highest BCUT2D eigenvalue weighted by atomic mass is 32.1. The quantitative estimate of drug-likeness (QED) is 0.483. The van der Waals surface area contributed by atoms with Crippen LogP contribution in [0.3, 0.4) is 0 Å². The van der Waals surface area contributed by atoms with Crippen LogP contribution in [-0.4, -0.2) is 33.7 Å². The van der Waals surface area contributed by atoms with E-state index in [0.29, 0.717) is 19.8 Å². The van der Waals surface area contributed by atoms with Gasteiger partial charge in [-0.05, 0) is 20.8 Å². The number of hydrogen-bond acceptors (Lipinski definition) is 5. The first kappa shape index (κ1) is 15.0. The summed E-state index contributed by atoms with van der Waals surface area (Å²) < 4.78 is 16.6. The summed E-state index contributed by atoms with van der Waals surface area (Å²) in [5.74, 6) is 0. The Morgan fingerprint density at radius 2 is 1.47 bits per heavy atom. The van der Waals surface area contributed by atoms with Crippen molar-refractivity contribution in [3.63, 3.8) is 0 Å². The van der Waals surface area contributed by atoms with Gasteiger partial charge in [-0.2, -0.15) is 0 Å². The minimum atomic E-state index is -2.92. The molecule has 0 saturated carbocycles. The van der Waals surface area contributed by atoms with Crippen LogP contribution in [0.4, 0.5) is 0 Å². The van der Waals surface area contributed by atoms with Crippen LogP contribution in [0.5, 0.6) is 0 Å². The molecule has 1 atom stereocenters. The third-order valence-electron chi connectivity index (χ3n) is 1.92. The highest BCUT2D eigenvalue weighted by Crippen LogP contribution is 2.26.